The predicted octanol–water partition coefficient (Wildman–Crippen LogP) is 4.44. The van der Waals surface area contributed by atoms with E-state index in [0.717, 1.165) is 16.7 Å². The second-order valence-corrected chi connectivity index (χ2v) is 4.42. The van der Waals surface area contributed by atoms with E-state index in [1.807, 2.05) is 30.3 Å². The van der Waals surface area contributed by atoms with Crippen LogP contribution in [0.3, 0.4) is 0 Å². The van der Waals surface area contributed by atoms with Gasteiger partial charge in [-0.05, 0) is 28.8 Å². The Bertz CT molecular complexity index is 615. The molecule has 0 aromatic heterocycles. The maximum Gasteiger partial charge on any atom is 0.339 e. The topological polar surface area (TPSA) is 26.3 Å². The van der Waals surface area contributed by atoms with Crippen LogP contribution in [0.1, 0.15) is 15.9 Å². The van der Waals surface area contributed by atoms with Gasteiger partial charge >= 0.3 is 5.97 Å². The minimum atomic E-state index is -0.432. The summed E-state index contributed by atoms with van der Waals surface area (Å²) in [5.41, 5.74) is 3.41. The van der Waals surface area contributed by atoms with Gasteiger partial charge in [-0.2, -0.15) is 0 Å². The number of carbonyl (C=O) groups is 1. The Hall–Kier alpha value is -2.06. The van der Waals surface area contributed by atoms with Crippen LogP contribution in [0.15, 0.2) is 49.0 Å². The lowest BCUT2D eigenvalue weighted by Crippen LogP contribution is -2.01. The number of methoxy groups -OCH3 is 1. The highest BCUT2D eigenvalue weighted by atomic mass is 35.5. The first-order chi connectivity index (χ1) is 9.15. The van der Waals surface area contributed by atoms with Crippen LogP contribution < -0.4 is 0 Å². The lowest BCUT2D eigenvalue weighted by molar-refractivity contribution is 0.0601. The van der Waals surface area contributed by atoms with Gasteiger partial charge < -0.3 is 4.74 Å². The smallest absolute Gasteiger partial charge is 0.339 e. The van der Waals surface area contributed by atoms with Gasteiger partial charge in [0.15, 0.2) is 0 Å². The molecule has 2 aromatic carbocycles. The van der Waals surface area contributed by atoms with Crippen LogP contribution in [0.4, 0.5) is 0 Å². The molecule has 2 rings (SSSR count). The zero-order valence-electron chi connectivity index (χ0n) is 10.5. The maximum atomic E-state index is 11.4. The van der Waals surface area contributed by atoms with Crippen molar-refractivity contribution in [3.05, 3.63) is 65.2 Å². The summed E-state index contributed by atoms with van der Waals surface area (Å²) < 4.78 is 4.66. The quantitative estimate of drug-likeness (QED) is 0.772. The van der Waals surface area contributed by atoms with Crippen LogP contribution >= 0.6 is 11.6 Å². The normalized spacial score (nSPS) is 10.0. The van der Waals surface area contributed by atoms with E-state index >= 15 is 0 Å². The number of hydrogen-bond acceptors (Lipinski definition) is 2. The summed E-state index contributed by atoms with van der Waals surface area (Å²) in [6.45, 7) is 3.72. The van der Waals surface area contributed by atoms with Crippen molar-refractivity contribution in [1.29, 1.82) is 0 Å². The first-order valence-corrected chi connectivity index (χ1v) is 6.14. The molecule has 0 radical (unpaired) electrons. The molecule has 0 atom stereocenters. The summed E-state index contributed by atoms with van der Waals surface area (Å²) in [5, 5.41) is 0.386. The van der Waals surface area contributed by atoms with Crippen molar-refractivity contribution in [1.82, 2.24) is 0 Å². The van der Waals surface area contributed by atoms with E-state index in [0.29, 0.717) is 10.6 Å². The van der Waals surface area contributed by atoms with Crippen LogP contribution in [-0.2, 0) is 4.74 Å². The van der Waals surface area contributed by atoms with Crippen molar-refractivity contribution >= 4 is 23.6 Å². The van der Waals surface area contributed by atoms with Crippen LogP contribution in [-0.4, -0.2) is 13.1 Å². The molecule has 2 nitrogen and oxygen atoms in total. The largest absolute Gasteiger partial charge is 0.465 e. The number of ether oxygens (including phenoxy) is 1. The number of esters is 1. The zero-order valence-corrected chi connectivity index (χ0v) is 11.3. The summed E-state index contributed by atoms with van der Waals surface area (Å²) in [7, 11) is 1.33. The van der Waals surface area contributed by atoms with E-state index in [2.05, 4.69) is 11.3 Å². The number of carbonyl (C=O) groups excluding carboxylic acids is 1. The zero-order chi connectivity index (χ0) is 13.8. The van der Waals surface area contributed by atoms with Gasteiger partial charge in [-0.1, -0.05) is 54.6 Å². The van der Waals surface area contributed by atoms with Crippen molar-refractivity contribution in [2.75, 3.05) is 7.11 Å². The fraction of sp³-hybridized carbons (Fsp3) is 0.0625. The molecule has 0 bridgehead atoms. The Balaban J connectivity index is 2.38. The minimum absolute atomic E-state index is 0.371. The summed E-state index contributed by atoms with van der Waals surface area (Å²) >= 11 is 6.09. The molecular weight excluding hydrogens is 260 g/mol. The Morgan fingerprint density at radius 3 is 2.32 bits per heavy atom. The van der Waals surface area contributed by atoms with Gasteiger partial charge in [-0.25, -0.2) is 4.79 Å². The van der Waals surface area contributed by atoms with Gasteiger partial charge in [0.2, 0.25) is 0 Å². The van der Waals surface area contributed by atoms with Crippen molar-refractivity contribution in [2.24, 2.45) is 0 Å². The van der Waals surface area contributed by atoms with Gasteiger partial charge in [0, 0.05) is 0 Å². The van der Waals surface area contributed by atoms with Crippen molar-refractivity contribution in [3.63, 3.8) is 0 Å². The second-order valence-electron chi connectivity index (χ2n) is 4.01. The summed E-state index contributed by atoms with van der Waals surface area (Å²) in [6, 6.07) is 13.2. The van der Waals surface area contributed by atoms with E-state index in [-0.39, 0.29) is 0 Å². The lowest BCUT2D eigenvalue weighted by Gasteiger charge is -2.06. The molecule has 0 N–H and O–H groups in total. The molecule has 0 amide bonds. The van der Waals surface area contributed by atoms with Gasteiger partial charge in [0.05, 0.1) is 17.7 Å². The van der Waals surface area contributed by atoms with E-state index in [4.69, 9.17) is 11.6 Å². The van der Waals surface area contributed by atoms with Crippen LogP contribution in [0.2, 0.25) is 5.02 Å². The molecule has 96 valence electrons. The maximum absolute atomic E-state index is 11.4. The number of hydrogen-bond donors (Lipinski definition) is 0. The van der Waals surface area contributed by atoms with Gasteiger partial charge in [0.25, 0.3) is 0 Å². The van der Waals surface area contributed by atoms with Gasteiger partial charge in [-0.15, -0.1) is 0 Å². The average molecular weight is 273 g/mol. The van der Waals surface area contributed by atoms with E-state index in [9.17, 15) is 4.79 Å². The molecule has 0 saturated heterocycles. The second kappa shape index (κ2) is 5.72. The van der Waals surface area contributed by atoms with Gasteiger partial charge in [-0.3, -0.25) is 0 Å². The summed E-state index contributed by atoms with van der Waals surface area (Å²) in [6.07, 6.45) is 1.79. The highest BCUT2D eigenvalue weighted by Crippen LogP contribution is 2.26. The predicted molar refractivity (Wildman–Crippen MR) is 78.3 cm³/mol. The van der Waals surface area contributed by atoms with E-state index in [1.165, 1.54) is 7.11 Å². The molecule has 0 aliphatic rings. The van der Waals surface area contributed by atoms with Crippen LogP contribution in [0, 0.1) is 0 Å². The fourth-order valence-electron chi connectivity index (χ4n) is 1.78. The molecule has 0 fully saturated rings. The third kappa shape index (κ3) is 2.85. The Morgan fingerprint density at radius 1 is 1.16 bits per heavy atom. The highest BCUT2D eigenvalue weighted by Gasteiger charge is 2.11. The molecule has 0 heterocycles. The first-order valence-electron chi connectivity index (χ1n) is 5.76. The molecule has 0 unspecified atom stereocenters. The molecule has 19 heavy (non-hydrogen) atoms. The Morgan fingerprint density at radius 2 is 1.79 bits per heavy atom. The van der Waals surface area contributed by atoms with Crippen LogP contribution in [0.5, 0.6) is 0 Å². The molecule has 3 heteroatoms. The number of halogens is 1. The number of rotatable bonds is 3. The molecule has 0 spiro atoms. The SMILES string of the molecule is C=Cc1ccc(-c2ccc(C(=O)OC)c(Cl)c2)cc1. The number of benzene rings is 2. The average Bonchev–Trinajstić information content (AvgIpc) is 2.46. The van der Waals surface area contributed by atoms with Crippen molar-refractivity contribution in [3.8, 4) is 11.1 Å². The van der Waals surface area contributed by atoms with E-state index < -0.39 is 5.97 Å². The summed E-state index contributed by atoms with van der Waals surface area (Å²) in [4.78, 5) is 11.4. The Labute approximate surface area is 117 Å². The van der Waals surface area contributed by atoms with Gasteiger partial charge in [0.1, 0.15) is 0 Å². The third-order valence-electron chi connectivity index (χ3n) is 2.85. The fourth-order valence-corrected chi connectivity index (χ4v) is 2.04. The first kappa shape index (κ1) is 13.4. The lowest BCUT2D eigenvalue weighted by atomic mass is 10.0. The molecule has 0 aliphatic carbocycles. The summed E-state index contributed by atoms with van der Waals surface area (Å²) in [5.74, 6) is -0.432. The van der Waals surface area contributed by atoms with E-state index in [1.54, 1.807) is 18.2 Å². The van der Waals surface area contributed by atoms with Crippen molar-refractivity contribution < 1.29 is 9.53 Å². The monoisotopic (exact) mass is 272 g/mol. The van der Waals surface area contributed by atoms with Crippen molar-refractivity contribution in [2.45, 2.75) is 0 Å². The minimum Gasteiger partial charge on any atom is -0.465 e. The molecule has 0 saturated carbocycles. The Kier molecular flexibility index (Phi) is 4.03. The highest BCUT2D eigenvalue weighted by molar-refractivity contribution is 6.33. The molecular formula is C16H13ClO2. The third-order valence-corrected chi connectivity index (χ3v) is 3.17. The van der Waals surface area contributed by atoms with Crippen LogP contribution in [0.25, 0.3) is 17.2 Å². The standard InChI is InChI=1S/C16H13ClO2/c1-3-11-4-6-12(7-5-11)13-8-9-14(15(17)10-13)16(18)19-2/h3-10H,1H2,2H3. The molecule has 0 aliphatic heterocycles. The molecule has 2 aromatic rings.